The van der Waals surface area contributed by atoms with Crippen LogP contribution in [0.3, 0.4) is 0 Å². The first-order valence-electron chi connectivity index (χ1n) is 6.26. The van der Waals surface area contributed by atoms with Crippen LogP contribution in [0.4, 0.5) is 0 Å². The molecule has 2 N–H and O–H groups in total. The molecule has 0 bridgehead atoms. The molecule has 1 aromatic rings. The summed E-state index contributed by atoms with van der Waals surface area (Å²) in [6, 6.07) is 0. The fraction of sp³-hybridized carbons (Fsp3) is 0.538. The zero-order chi connectivity index (χ0) is 14.4. The van der Waals surface area contributed by atoms with Crippen LogP contribution in [0.25, 0.3) is 0 Å². The Morgan fingerprint density at radius 3 is 2.58 bits per heavy atom. The summed E-state index contributed by atoms with van der Waals surface area (Å²) < 4.78 is 0. The van der Waals surface area contributed by atoms with Crippen molar-refractivity contribution in [3.05, 3.63) is 23.8 Å². The molecule has 0 aliphatic carbocycles. The maximum Gasteiger partial charge on any atom is 0.274 e. The molecule has 0 unspecified atom stereocenters. The summed E-state index contributed by atoms with van der Waals surface area (Å²) in [6.07, 6.45) is 3.62. The molecule has 6 heteroatoms. The smallest absolute Gasteiger partial charge is 0.274 e. The van der Waals surface area contributed by atoms with E-state index in [1.54, 1.807) is 11.1 Å². The highest BCUT2D eigenvalue weighted by Crippen LogP contribution is 2.06. The van der Waals surface area contributed by atoms with Crippen molar-refractivity contribution in [1.29, 1.82) is 0 Å². The van der Waals surface area contributed by atoms with Gasteiger partial charge in [0.25, 0.3) is 5.91 Å². The number of rotatable bonds is 6. The summed E-state index contributed by atoms with van der Waals surface area (Å²) in [6.45, 7) is 7.11. The molecular weight excluding hydrogens is 260 g/mol. The lowest BCUT2D eigenvalue weighted by molar-refractivity contribution is 0.0734. The van der Waals surface area contributed by atoms with E-state index in [0.717, 1.165) is 5.69 Å². The predicted octanol–water partition coefficient (Wildman–Crippen LogP) is 1.56. The van der Waals surface area contributed by atoms with Gasteiger partial charge in [-0.1, -0.05) is 26.1 Å². The van der Waals surface area contributed by atoms with E-state index in [9.17, 15) is 4.79 Å². The van der Waals surface area contributed by atoms with Gasteiger partial charge in [0.1, 0.15) is 5.69 Å². The lowest BCUT2D eigenvalue weighted by atomic mass is 10.2. The van der Waals surface area contributed by atoms with Crippen molar-refractivity contribution in [1.82, 2.24) is 14.9 Å². The Balaban J connectivity index is 2.80. The minimum absolute atomic E-state index is 0.127. The second-order valence-corrected chi connectivity index (χ2v) is 5.43. The second kappa shape index (κ2) is 7.13. The molecular formula is C13H20N4OS. The molecule has 0 aromatic carbocycles. The van der Waals surface area contributed by atoms with Crippen LogP contribution in [0.5, 0.6) is 0 Å². The summed E-state index contributed by atoms with van der Waals surface area (Å²) in [5, 5.41) is 0. The Labute approximate surface area is 119 Å². The molecule has 0 saturated carbocycles. The average molecular weight is 280 g/mol. The van der Waals surface area contributed by atoms with E-state index in [-0.39, 0.29) is 5.91 Å². The number of aromatic nitrogens is 2. The van der Waals surface area contributed by atoms with Gasteiger partial charge in [-0.3, -0.25) is 9.78 Å². The van der Waals surface area contributed by atoms with Crippen LogP contribution in [-0.2, 0) is 0 Å². The van der Waals surface area contributed by atoms with Crippen LogP contribution in [0, 0.1) is 12.8 Å². The molecule has 1 rings (SSSR count). The number of amides is 1. The highest BCUT2D eigenvalue weighted by Gasteiger charge is 2.18. The quantitative estimate of drug-likeness (QED) is 0.801. The fourth-order valence-corrected chi connectivity index (χ4v) is 1.72. The molecule has 1 amide bonds. The van der Waals surface area contributed by atoms with Crippen LogP contribution in [0.2, 0.25) is 0 Å². The van der Waals surface area contributed by atoms with Crippen LogP contribution in [0.1, 0.15) is 36.5 Å². The number of hydrogen-bond donors (Lipinski definition) is 1. The predicted molar refractivity (Wildman–Crippen MR) is 78.9 cm³/mol. The molecule has 0 aliphatic rings. The normalized spacial score (nSPS) is 10.5. The number of aryl methyl sites for hydroxylation is 1. The molecule has 0 aliphatic heterocycles. The SMILES string of the molecule is Cc1cnc(C(=O)N(CCC(N)=S)CC(C)C)cn1. The highest BCUT2D eigenvalue weighted by molar-refractivity contribution is 7.80. The minimum Gasteiger partial charge on any atom is -0.393 e. The van der Waals surface area contributed by atoms with Gasteiger partial charge in [-0.25, -0.2) is 4.98 Å². The number of nitrogens with two attached hydrogens (primary N) is 1. The van der Waals surface area contributed by atoms with Crippen LogP contribution < -0.4 is 5.73 Å². The first-order chi connectivity index (χ1) is 8.90. The Kier molecular flexibility index (Phi) is 5.82. The van der Waals surface area contributed by atoms with E-state index >= 15 is 0 Å². The average Bonchev–Trinajstić information content (AvgIpc) is 2.34. The number of hydrogen-bond acceptors (Lipinski definition) is 4. The van der Waals surface area contributed by atoms with Crippen molar-refractivity contribution < 1.29 is 4.79 Å². The Bertz CT molecular complexity index is 444. The summed E-state index contributed by atoms with van der Waals surface area (Å²) in [7, 11) is 0. The monoisotopic (exact) mass is 280 g/mol. The van der Waals surface area contributed by atoms with Crippen molar-refractivity contribution in [3.63, 3.8) is 0 Å². The van der Waals surface area contributed by atoms with E-state index in [1.807, 2.05) is 6.92 Å². The fourth-order valence-electron chi connectivity index (χ4n) is 1.63. The Morgan fingerprint density at radius 1 is 1.42 bits per heavy atom. The van der Waals surface area contributed by atoms with Crippen LogP contribution in [-0.4, -0.2) is 38.9 Å². The number of thiocarbonyl (C=S) groups is 1. The number of carbonyl (C=O) groups is 1. The first kappa shape index (κ1) is 15.5. The van der Waals surface area contributed by atoms with Gasteiger partial charge in [0.15, 0.2) is 0 Å². The standard InChI is InChI=1S/C13H20N4OS/c1-9(2)8-17(5-4-12(14)19)13(18)11-7-15-10(3)6-16-11/h6-7,9H,4-5,8H2,1-3H3,(H2,14,19). The largest absolute Gasteiger partial charge is 0.393 e. The summed E-state index contributed by atoms with van der Waals surface area (Å²) in [5.41, 5.74) is 6.64. The molecule has 0 atom stereocenters. The maximum atomic E-state index is 12.3. The molecule has 104 valence electrons. The van der Waals surface area contributed by atoms with Crippen LogP contribution in [0.15, 0.2) is 12.4 Å². The summed E-state index contributed by atoms with van der Waals surface area (Å²) in [4.78, 5) is 22.7. The van der Waals surface area contributed by atoms with E-state index in [0.29, 0.717) is 36.1 Å². The van der Waals surface area contributed by atoms with E-state index in [1.165, 1.54) is 6.20 Å². The Hall–Kier alpha value is -1.56. The molecule has 0 fully saturated rings. The molecule has 19 heavy (non-hydrogen) atoms. The molecule has 1 heterocycles. The summed E-state index contributed by atoms with van der Waals surface area (Å²) >= 11 is 4.86. The Morgan fingerprint density at radius 2 is 2.11 bits per heavy atom. The van der Waals surface area contributed by atoms with Gasteiger partial charge in [0, 0.05) is 25.7 Å². The second-order valence-electron chi connectivity index (χ2n) is 4.90. The third kappa shape index (κ3) is 5.30. The lowest BCUT2D eigenvalue weighted by Gasteiger charge is -2.24. The van der Waals surface area contributed by atoms with Crippen molar-refractivity contribution in [2.45, 2.75) is 27.2 Å². The number of carbonyl (C=O) groups excluding carboxylic acids is 1. The lowest BCUT2D eigenvalue weighted by Crippen LogP contribution is -2.37. The van der Waals surface area contributed by atoms with Gasteiger partial charge < -0.3 is 10.6 Å². The molecule has 0 radical (unpaired) electrons. The first-order valence-corrected chi connectivity index (χ1v) is 6.67. The van der Waals surface area contributed by atoms with E-state index < -0.39 is 0 Å². The van der Waals surface area contributed by atoms with Gasteiger partial charge >= 0.3 is 0 Å². The molecule has 5 nitrogen and oxygen atoms in total. The maximum absolute atomic E-state index is 12.3. The van der Waals surface area contributed by atoms with Crippen LogP contribution >= 0.6 is 12.2 Å². The van der Waals surface area contributed by atoms with Crippen molar-refractivity contribution in [2.75, 3.05) is 13.1 Å². The van der Waals surface area contributed by atoms with Gasteiger partial charge in [-0.2, -0.15) is 0 Å². The third-order valence-electron chi connectivity index (χ3n) is 2.50. The minimum atomic E-state index is -0.127. The zero-order valence-corrected chi connectivity index (χ0v) is 12.4. The molecule has 0 spiro atoms. The molecule has 1 aromatic heterocycles. The summed E-state index contributed by atoms with van der Waals surface area (Å²) in [5.74, 6) is 0.242. The van der Waals surface area contributed by atoms with Crippen molar-refractivity contribution in [2.24, 2.45) is 11.7 Å². The van der Waals surface area contributed by atoms with Gasteiger partial charge in [0.2, 0.25) is 0 Å². The van der Waals surface area contributed by atoms with E-state index in [2.05, 4.69) is 23.8 Å². The van der Waals surface area contributed by atoms with E-state index in [4.69, 9.17) is 18.0 Å². The number of nitrogens with zero attached hydrogens (tertiary/aromatic N) is 3. The third-order valence-corrected chi connectivity index (χ3v) is 2.71. The van der Waals surface area contributed by atoms with Crippen molar-refractivity contribution in [3.8, 4) is 0 Å². The molecule has 0 saturated heterocycles. The van der Waals surface area contributed by atoms with Gasteiger partial charge in [0.05, 0.1) is 16.9 Å². The van der Waals surface area contributed by atoms with Crippen molar-refractivity contribution >= 4 is 23.1 Å². The van der Waals surface area contributed by atoms with Gasteiger partial charge in [-0.05, 0) is 12.8 Å². The highest BCUT2D eigenvalue weighted by atomic mass is 32.1. The zero-order valence-electron chi connectivity index (χ0n) is 11.6. The topological polar surface area (TPSA) is 72.1 Å². The van der Waals surface area contributed by atoms with Gasteiger partial charge in [-0.15, -0.1) is 0 Å².